The fraction of sp³-hybridized carbons (Fsp3) is 0.0909. The van der Waals surface area contributed by atoms with Gasteiger partial charge in [-0.2, -0.15) is 0 Å². The number of halogens is 1. The van der Waals surface area contributed by atoms with Crippen LogP contribution in [0.3, 0.4) is 0 Å². The molecule has 0 amide bonds. The van der Waals surface area contributed by atoms with E-state index in [-0.39, 0.29) is 5.82 Å². The highest BCUT2D eigenvalue weighted by molar-refractivity contribution is 7.98. The Bertz CT molecular complexity index is 498. The van der Waals surface area contributed by atoms with Gasteiger partial charge in [0.2, 0.25) is 0 Å². The van der Waals surface area contributed by atoms with Gasteiger partial charge >= 0.3 is 0 Å². The summed E-state index contributed by atoms with van der Waals surface area (Å²) in [5, 5.41) is 2.53. The second kappa shape index (κ2) is 5.23. The molecular formula is C11H8FNOS2. The highest BCUT2D eigenvalue weighted by atomic mass is 32.2. The number of hydrogen-bond acceptors (Lipinski definition) is 4. The molecule has 0 aliphatic heterocycles. The van der Waals surface area contributed by atoms with Crippen LogP contribution in [0.4, 0.5) is 4.39 Å². The average molecular weight is 253 g/mol. The first kappa shape index (κ1) is 11.3. The zero-order chi connectivity index (χ0) is 11.4. The highest BCUT2D eigenvalue weighted by Gasteiger charge is 2.05. The zero-order valence-electron chi connectivity index (χ0n) is 8.22. The molecule has 1 heterocycles. The molecule has 82 valence electrons. The minimum atomic E-state index is -0.223. The minimum Gasteiger partial charge on any atom is -0.296 e. The summed E-state index contributed by atoms with van der Waals surface area (Å²) < 4.78 is 13.3. The smallest absolute Gasteiger partial charge is 0.169 e. The molecule has 0 unspecified atom stereocenters. The first-order chi connectivity index (χ1) is 7.79. The van der Waals surface area contributed by atoms with Crippen LogP contribution in [-0.2, 0) is 5.75 Å². The molecule has 1 aromatic heterocycles. The first-order valence-corrected chi connectivity index (χ1v) is 6.43. The molecule has 2 aromatic rings. The monoisotopic (exact) mass is 253 g/mol. The second-order valence-corrected chi connectivity index (χ2v) is 4.96. The van der Waals surface area contributed by atoms with Crippen molar-refractivity contribution < 1.29 is 9.18 Å². The van der Waals surface area contributed by atoms with E-state index >= 15 is 0 Å². The number of rotatable bonds is 4. The van der Waals surface area contributed by atoms with Gasteiger partial charge < -0.3 is 0 Å². The fourth-order valence-corrected chi connectivity index (χ4v) is 2.84. The van der Waals surface area contributed by atoms with Gasteiger partial charge in [-0.3, -0.25) is 4.79 Å². The van der Waals surface area contributed by atoms with Crippen LogP contribution in [0.25, 0.3) is 0 Å². The van der Waals surface area contributed by atoms with Gasteiger partial charge in [0, 0.05) is 10.3 Å². The van der Waals surface area contributed by atoms with Crippen LogP contribution < -0.4 is 0 Å². The molecule has 0 aliphatic carbocycles. The number of nitrogens with zero attached hydrogens (tertiary/aromatic N) is 1. The van der Waals surface area contributed by atoms with Gasteiger partial charge in [-0.1, -0.05) is 12.1 Å². The minimum absolute atomic E-state index is 0.223. The van der Waals surface area contributed by atoms with Crippen molar-refractivity contribution in [3.63, 3.8) is 0 Å². The maximum Gasteiger partial charge on any atom is 0.169 e. The third kappa shape index (κ3) is 2.68. The Morgan fingerprint density at radius 3 is 2.94 bits per heavy atom. The maximum absolute atomic E-state index is 13.3. The van der Waals surface area contributed by atoms with Crippen molar-refractivity contribution in [1.29, 1.82) is 0 Å². The molecule has 2 rings (SSSR count). The average Bonchev–Trinajstić information content (AvgIpc) is 2.76. The first-order valence-electron chi connectivity index (χ1n) is 4.56. The van der Waals surface area contributed by atoms with Crippen LogP contribution in [0.2, 0.25) is 0 Å². The van der Waals surface area contributed by atoms with Gasteiger partial charge in [-0.25, -0.2) is 9.37 Å². The van der Waals surface area contributed by atoms with E-state index < -0.39 is 0 Å². The lowest BCUT2D eigenvalue weighted by Crippen LogP contribution is -1.84. The van der Waals surface area contributed by atoms with Gasteiger partial charge in [0.1, 0.15) is 16.5 Å². The summed E-state index contributed by atoms with van der Waals surface area (Å²) in [4.78, 5) is 15.1. The molecule has 0 atom stereocenters. The SMILES string of the molecule is O=Cc1csc(CSc2ccccc2F)n1. The number of aldehydes is 1. The number of carbonyl (C=O) groups excluding carboxylic acids is 1. The van der Waals surface area contributed by atoms with Gasteiger partial charge in [0.25, 0.3) is 0 Å². The molecule has 16 heavy (non-hydrogen) atoms. The second-order valence-electron chi connectivity index (χ2n) is 3.00. The molecule has 0 bridgehead atoms. The summed E-state index contributed by atoms with van der Waals surface area (Å²) in [5.74, 6) is 0.360. The van der Waals surface area contributed by atoms with E-state index in [0.29, 0.717) is 22.6 Å². The predicted molar refractivity (Wildman–Crippen MR) is 63.5 cm³/mol. The lowest BCUT2D eigenvalue weighted by atomic mass is 10.3. The summed E-state index contributed by atoms with van der Waals surface area (Å²) in [6.45, 7) is 0. The number of benzene rings is 1. The Hall–Kier alpha value is -1.20. The Morgan fingerprint density at radius 2 is 2.25 bits per heavy atom. The van der Waals surface area contributed by atoms with Crippen molar-refractivity contribution in [3.05, 3.63) is 46.2 Å². The van der Waals surface area contributed by atoms with E-state index in [9.17, 15) is 9.18 Å². The van der Waals surface area contributed by atoms with Crippen molar-refractivity contribution in [2.75, 3.05) is 0 Å². The topological polar surface area (TPSA) is 30.0 Å². The predicted octanol–water partition coefficient (Wildman–Crippen LogP) is 3.39. The van der Waals surface area contributed by atoms with E-state index in [1.807, 2.05) is 0 Å². The van der Waals surface area contributed by atoms with E-state index in [1.54, 1.807) is 23.6 Å². The molecular weight excluding hydrogens is 245 g/mol. The van der Waals surface area contributed by atoms with Crippen LogP contribution in [0.5, 0.6) is 0 Å². The summed E-state index contributed by atoms with van der Waals surface area (Å²) in [5.41, 5.74) is 0.439. The standard InChI is InChI=1S/C11H8FNOS2/c12-9-3-1-2-4-10(9)15-7-11-13-8(5-14)6-16-11/h1-6H,7H2. The quantitative estimate of drug-likeness (QED) is 0.618. The molecule has 0 fully saturated rings. The van der Waals surface area contributed by atoms with Crippen LogP contribution in [-0.4, -0.2) is 11.3 Å². The van der Waals surface area contributed by atoms with Crippen molar-refractivity contribution in [2.45, 2.75) is 10.6 Å². The van der Waals surface area contributed by atoms with Gasteiger partial charge in [-0.15, -0.1) is 23.1 Å². The molecule has 1 aromatic carbocycles. The molecule has 2 nitrogen and oxygen atoms in total. The van der Waals surface area contributed by atoms with Crippen LogP contribution in [0.15, 0.2) is 34.5 Å². The third-order valence-electron chi connectivity index (χ3n) is 1.88. The number of thiazole rings is 1. The lowest BCUT2D eigenvalue weighted by Gasteiger charge is -1.99. The molecule has 0 saturated heterocycles. The highest BCUT2D eigenvalue weighted by Crippen LogP contribution is 2.26. The van der Waals surface area contributed by atoms with Crippen LogP contribution in [0, 0.1) is 5.82 Å². The van der Waals surface area contributed by atoms with E-state index in [4.69, 9.17) is 0 Å². The van der Waals surface area contributed by atoms with Gasteiger partial charge in [0.15, 0.2) is 6.29 Å². The number of carbonyl (C=O) groups is 1. The van der Waals surface area contributed by atoms with Crippen molar-refractivity contribution in [2.24, 2.45) is 0 Å². The Balaban J connectivity index is 2.02. The lowest BCUT2D eigenvalue weighted by molar-refractivity contribution is 0.111. The third-order valence-corrected chi connectivity index (χ3v) is 3.99. The van der Waals surface area contributed by atoms with Crippen LogP contribution >= 0.6 is 23.1 Å². The Kier molecular flexibility index (Phi) is 3.69. The van der Waals surface area contributed by atoms with E-state index in [1.165, 1.54) is 29.2 Å². The van der Waals surface area contributed by atoms with Gasteiger partial charge in [-0.05, 0) is 12.1 Å². The molecule has 0 N–H and O–H groups in total. The van der Waals surface area contributed by atoms with Crippen molar-refractivity contribution in [3.8, 4) is 0 Å². The largest absolute Gasteiger partial charge is 0.296 e. The Labute approximate surface area is 101 Å². The molecule has 0 aliphatic rings. The van der Waals surface area contributed by atoms with Crippen molar-refractivity contribution >= 4 is 29.4 Å². The summed E-state index contributed by atoms with van der Waals surface area (Å²) in [6.07, 6.45) is 0.716. The summed E-state index contributed by atoms with van der Waals surface area (Å²) >= 11 is 2.79. The van der Waals surface area contributed by atoms with E-state index in [2.05, 4.69) is 4.98 Å². The normalized spacial score (nSPS) is 10.3. The Morgan fingerprint density at radius 1 is 1.44 bits per heavy atom. The molecule has 0 radical (unpaired) electrons. The van der Waals surface area contributed by atoms with E-state index in [0.717, 1.165) is 5.01 Å². The number of aromatic nitrogens is 1. The maximum atomic E-state index is 13.3. The fourth-order valence-electron chi connectivity index (χ4n) is 1.15. The number of hydrogen-bond donors (Lipinski definition) is 0. The summed E-state index contributed by atoms with van der Waals surface area (Å²) in [7, 11) is 0. The molecule has 5 heteroatoms. The zero-order valence-corrected chi connectivity index (χ0v) is 9.85. The van der Waals surface area contributed by atoms with Gasteiger partial charge in [0.05, 0.1) is 5.75 Å². The number of thioether (sulfide) groups is 1. The van der Waals surface area contributed by atoms with Crippen LogP contribution in [0.1, 0.15) is 15.5 Å². The van der Waals surface area contributed by atoms with Crippen molar-refractivity contribution in [1.82, 2.24) is 4.98 Å². The molecule has 0 spiro atoms. The molecule has 0 saturated carbocycles. The summed E-state index contributed by atoms with van der Waals surface area (Å²) in [6, 6.07) is 6.62.